The average molecular weight is 204 g/mol. The van der Waals surface area contributed by atoms with Crippen LogP contribution in [0.1, 0.15) is 31.4 Å². The van der Waals surface area contributed by atoms with Crippen LogP contribution in [0.2, 0.25) is 0 Å². The molecule has 0 aliphatic carbocycles. The molecule has 0 saturated carbocycles. The third kappa shape index (κ3) is 3.84. The van der Waals surface area contributed by atoms with Gasteiger partial charge in [-0.25, -0.2) is 0 Å². The molecule has 1 rings (SSSR count). The fraction of sp³-hybridized carbons (Fsp3) is 0.462. The van der Waals surface area contributed by atoms with E-state index >= 15 is 0 Å². The summed E-state index contributed by atoms with van der Waals surface area (Å²) in [6.07, 6.45) is 2.77. The first-order chi connectivity index (χ1) is 7.13. The number of nitrogens with one attached hydrogen (secondary N) is 1. The van der Waals surface area contributed by atoms with Crippen molar-refractivity contribution in [2.45, 2.75) is 39.2 Å². The van der Waals surface area contributed by atoms with Crippen LogP contribution < -0.4 is 5.73 Å². The molecule has 0 aliphatic heterocycles. The largest absolute Gasteiger partial charge is 0.323 e. The van der Waals surface area contributed by atoms with E-state index in [4.69, 9.17) is 11.1 Å². The van der Waals surface area contributed by atoms with Crippen molar-refractivity contribution in [1.29, 1.82) is 5.41 Å². The molecule has 3 N–H and O–H groups in total. The van der Waals surface area contributed by atoms with E-state index in [0.29, 0.717) is 5.71 Å². The van der Waals surface area contributed by atoms with E-state index in [1.807, 2.05) is 6.92 Å². The van der Waals surface area contributed by atoms with Gasteiger partial charge < -0.3 is 11.1 Å². The second-order valence-electron chi connectivity index (χ2n) is 3.98. The second kappa shape index (κ2) is 5.66. The van der Waals surface area contributed by atoms with E-state index in [-0.39, 0.29) is 6.04 Å². The van der Waals surface area contributed by atoms with Crippen molar-refractivity contribution >= 4 is 5.71 Å². The zero-order chi connectivity index (χ0) is 11.3. The van der Waals surface area contributed by atoms with Crippen molar-refractivity contribution in [1.82, 2.24) is 0 Å². The molecule has 0 fully saturated rings. The molecule has 2 nitrogen and oxygen atoms in total. The molecule has 0 saturated heterocycles. The lowest BCUT2D eigenvalue weighted by Crippen LogP contribution is -2.26. The summed E-state index contributed by atoms with van der Waals surface area (Å²) < 4.78 is 0. The minimum Gasteiger partial charge on any atom is -0.323 e. The van der Waals surface area contributed by atoms with Crippen molar-refractivity contribution in [2.24, 2.45) is 5.73 Å². The number of hydrogen-bond acceptors (Lipinski definition) is 2. The van der Waals surface area contributed by atoms with Crippen LogP contribution >= 0.6 is 0 Å². The Morgan fingerprint density at radius 3 is 2.27 bits per heavy atom. The van der Waals surface area contributed by atoms with Gasteiger partial charge in [0.25, 0.3) is 0 Å². The zero-order valence-corrected chi connectivity index (χ0v) is 9.59. The van der Waals surface area contributed by atoms with Crippen LogP contribution in [0.25, 0.3) is 0 Å². The van der Waals surface area contributed by atoms with Gasteiger partial charge in [0.05, 0.1) is 0 Å². The maximum absolute atomic E-state index is 7.65. The standard InChI is InChI=1S/C13H20N2/c1-3-11-4-6-12(7-5-11)8-9-13(15)10(2)14/h4-7,10,15H,3,8-9,14H2,1-2H3. The Kier molecular flexibility index (Phi) is 4.50. The fourth-order valence-electron chi connectivity index (χ4n) is 1.45. The summed E-state index contributed by atoms with van der Waals surface area (Å²) in [7, 11) is 0. The van der Waals surface area contributed by atoms with Crippen molar-refractivity contribution in [3.63, 3.8) is 0 Å². The molecule has 2 heteroatoms. The van der Waals surface area contributed by atoms with Crippen molar-refractivity contribution in [2.75, 3.05) is 0 Å². The summed E-state index contributed by atoms with van der Waals surface area (Å²) in [5, 5.41) is 7.65. The van der Waals surface area contributed by atoms with Crippen molar-refractivity contribution in [3.05, 3.63) is 35.4 Å². The molecule has 0 radical (unpaired) electrons. The molecule has 0 spiro atoms. The van der Waals surface area contributed by atoms with Gasteiger partial charge in [0.15, 0.2) is 0 Å². The number of nitrogens with two attached hydrogens (primary N) is 1. The number of aryl methyl sites for hydroxylation is 2. The molecule has 82 valence electrons. The highest BCUT2D eigenvalue weighted by Crippen LogP contribution is 2.08. The summed E-state index contributed by atoms with van der Waals surface area (Å²) in [6.45, 7) is 4.02. The molecule has 1 aromatic carbocycles. The SMILES string of the molecule is CCc1ccc(CCC(=N)C(C)N)cc1. The predicted octanol–water partition coefficient (Wildman–Crippen LogP) is 2.55. The zero-order valence-electron chi connectivity index (χ0n) is 9.59. The monoisotopic (exact) mass is 204 g/mol. The first-order valence-corrected chi connectivity index (χ1v) is 5.54. The average Bonchev–Trinajstić information content (AvgIpc) is 2.26. The van der Waals surface area contributed by atoms with Gasteiger partial charge in [-0.3, -0.25) is 0 Å². The molecule has 0 heterocycles. The summed E-state index contributed by atoms with van der Waals surface area (Å²) in [6, 6.07) is 8.50. The highest BCUT2D eigenvalue weighted by molar-refractivity contribution is 5.86. The Labute approximate surface area is 92.0 Å². The molecule has 0 bridgehead atoms. The lowest BCUT2D eigenvalue weighted by atomic mass is 10.0. The third-order valence-corrected chi connectivity index (χ3v) is 2.66. The Bertz CT molecular complexity index is 312. The lowest BCUT2D eigenvalue weighted by molar-refractivity contribution is 0.896. The van der Waals surface area contributed by atoms with E-state index < -0.39 is 0 Å². The second-order valence-corrected chi connectivity index (χ2v) is 3.98. The van der Waals surface area contributed by atoms with Crippen molar-refractivity contribution in [3.8, 4) is 0 Å². The molecular formula is C13H20N2. The molecule has 1 atom stereocenters. The quantitative estimate of drug-likeness (QED) is 0.711. The van der Waals surface area contributed by atoms with Gasteiger partial charge >= 0.3 is 0 Å². The normalized spacial score (nSPS) is 12.5. The van der Waals surface area contributed by atoms with E-state index in [1.54, 1.807) is 0 Å². The predicted molar refractivity (Wildman–Crippen MR) is 65.5 cm³/mol. The van der Waals surface area contributed by atoms with Crippen molar-refractivity contribution < 1.29 is 0 Å². The van der Waals surface area contributed by atoms with Gasteiger partial charge in [-0.1, -0.05) is 31.2 Å². The van der Waals surface area contributed by atoms with E-state index in [1.165, 1.54) is 11.1 Å². The first-order valence-electron chi connectivity index (χ1n) is 5.54. The highest BCUT2D eigenvalue weighted by atomic mass is 14.7. The minimum absolute atomic E-state index is 0.111. The molecular weight excluding hydrogens is 184 g/mol. The highest BCUT2D eigenvalue weighted by Gasteiger charge is 2.03. The lowest BCUT2D eigenvalue weighted by Gasteiger charge is -2.07. The summed E-state index contributed by atoms with van der Waals surface area (Å²) >= 11 is 0. The van der Waals surface area contributed by atoms with Crippen LogP contribution in [0, 0.1) is 5.41 Å². The van der Waals surface area contributed by atoms with Gasteiger partial charge in [0, 0.05) is 11.8 Å². The Balaban J connectivity index is 2.47. The fourth-order valence-corrected chi connectivity index (χ4v) is 1.45. The van der Waals surface area contributed by atoms with Crippen LogP contribution in [0.4, 0.5) is 0 Å². The van der Waals surface area contributed by atoms with Crippen LogP contribution in [-0.2, 0) is 12.8 Å². The van der Waals surface area contributed by atoms with Crippen LogP contribution in [0.3, 0.4) is 0 Å². The summed E-state index contributed by atoms with van der Waals surface area (Å²) in [4.78, 5) is 0. The number of benzene rings is 1. The van der Waals surface area contributed by atoms with E-state index in [0.717, 1.165) is 19.3 Å². The summed E-state index contributed by atoms with van der Waals surface area (Å²) in [5.74, 6) is 0. The molecule has 1 aromatic rings. The van der Waals surface area contributed by atoms with Gasteiger partial charge in [0.1, 0.15) is 0 Å². The Morgan fingerprint density at radius 1 is 1.27 bits per heavy atom. The topological polar surface area (TPSA) is 49.9 Å². The molecule has 1 unspecified atom stereocenters. The van der Waals surface area contributed by atoms with Crippen LogP contribution in [0.5, 0.6) is 0 Å². The smallest absolute Gasteiger partial charge is 0.0394 e. The maximum atomic E-state index is 7.65. The van der Waals surface area contributed by atoms with Crippen LogP contribution in [-0.4, -0.2) is 11.8 Å². The maximum Gasteiger partial charge on any atom is 0.0394 e. The van der Waals surface area contributed by atoms with Crippen LogP contribution in [0.15, 0.2) is 24.3 Å². The third-order valence-electron chi connectivity index (χ3n) is 2.66. The number of hydrogen-bond donors (Lipinski definition) is 2. The Morgan fingerprint density at radius 2 is 1.80 bits per heavy atom. The molecule has 0 amide bonds. The van der Waals surface area contributed by atoms with Gasteiger partial charge in [-0.2, -0.15) is 0 Å². The van der Waals surface area contributed by atoms with Gasteiger partial charge in [-0.15, -0.1) is 0 Å². The molecule has 0 aromatic heterocycles. The Hall–Kier alpha value is -1.15. The number of rotatable bonds is 5. The minimum atomic E-state index is -0.111. The molecule has 0 aliphatic rings. The van der Waals surface area contributed by atoms with E-state index in [9.17, 15) is 0 Å². The first kappa shape index (κ1) is 11.9. The molecule has 15 heavy (non-hydrogen) atoms. The van der Waals surface area contributed by atoms with Gasteiger partial charge in [0.2, 0.25) is 0 Å². The summed E-state index contributed by atoms with van der Waals surface area (Å²) in [5.41, 5.74) is 8.91. The van der Waals surface area contributed by atoms with Gasteiger partial charge in [-0.05, 0) is 37.3 Å². The van der Waals surface area contributed by atoms with E-state index in [2.05, 4.69) is 31.2 Å².